The summed E-state index contributed by atoms with van der Waals surface area (Å²) in [4.78, 5) is 0.380. The van der Waals surface area contributed by atoms with E-state index in [-0.39, 0.29) is 6.04 Å². The van der Waals surface area contributed by atoms with Crippen molar-refractivity contribution in [3.05, 3.63) is 66.2 Å². The van der Waals surface area contributed by atoms with Gasteiger partial charge in [-0.2, -0.15) is 4.31 Å². The van der Waals surface area contributed by atoms with E-state index < -0.39 is 10.0 Å². The lowest BCUT2D eigenvalue weighted by Crippen LogP contribution is -2.15. The zero-order chi connectivity index (χ0) is 13.3. The standard InChI is InChI=1S/C15H15NO2S/c17-19(18,15-9-5-2-6-10-15)16-12-14(16)11-13-7-3-1-4-8-13/h1-10,14H,11-12H2. The Kier molecular flexibility index (Phi) is 3.12. The van der Waals surface area contributed by atoms with Gasteiger partial charge in [-0.25, -0.2) is 8.42 Å². The van der Waals surface area contributed by atoms with Crippen molar-refractivity contribution < 1.29 is 8.42 Å². The average Bonchev–Trinajstić information content (AvgIpc) is 3.21. The first-order chi connectivity index (χ1) is 9.18. The highest BCUT2D eigenvalue weighted by atomic mass is 32.2. The first-order valence-electron chi connectivity index (χ1n) is 6.29. The third kappa shape index (κ3) is 2.55. The molecular formula is C15H15NO2S. The second kappa shape index (κ2) is 4.79. The molecule has 3 nitrogen and oxygen atoms in total. The van der Waals surface area contributed by atoms with Crippen LogP contribution in [-0.4, -0.2) is 25.3 Å². The highest BCUT2D eigenvalue weighted by Gasteiger charge is 2.44. The maximum absolute atomic E-state index is 12.3. The van der Waals surface area contributed by atoms with Gasteiger partial charge in [0.1, 0.15) is 0 Å². The van der Waals surface area contributed by atoms with Crippen molar-refractivity contribution in [3.8, 4) is 0 Å². The highest BCUT2D eigenvalue weighted by Crippen LogP contribution is 2.30. The molecule has 0 saturated carbocycles. The topological polar surface area (TPSA) is 37.1 Å². The second-order valence-corrected chi connectivity index (χ2v) is 6.62. The largest absolute Gasteiger partial charge is 0.243 e. The zero-order valence-electron chi connectivity index (χ0n) is 10.4. The van der Waals surface area contributed by atoms with Crippen molar-refractivity contribution in [2.75, 3.05) is 6.54 Å². The molecule has 0 spiro atoms. The van der Waals surface area contributed by atoms with Crippen LogP contribution in [-0.2, 0) is 16.4 Å². The maximum atomic E-state index is 12.3. The van der Waals surface area contributed by atoms with E-state index in [4.69, 9.17) is 0 Å². The van der Waals surface area contributed by atoms with Crippen LogP contribution < -0.4 is 0 Å². The van der Waals surface area contributed by atoms with Gasteiger partial charge in [0.25, 0.3) is 0 Å². The third-order valence-electron chi connectivity index (χ3n) is 3.33. The number of sulfonamides is 1. The summed E-state index contributed by atoms with van der Waals surface area (Å²) in [6.45, 7) is 0.617. The average molecular weight is 273 g/mol. The Bertz CT molecular complexity index is 653. The number of benzene rings is 2. The van der Waals surface area contributed by atoms with Crippen LogP contribution in [0.25, 0.3) is 0 Å². The first-order valence-corrected chi connectivity index (χ1v) is 7.73. The summed E-state index contributed by atoms with van der Waals surface area (Å²) in [6.07, 6.45) is 0.785. The quantitative estimate of drug-likeness (QED) is 0.802. The highest BCUT2D eigenvalue weighted by molar-refractivity contribution is 7.89. The number of hydrogen-bond donors (Lipinski definition) is 0. The lowest BCUT2D eigenvalue weighted by molar-refractivity contribution is 0.551. The van der Waals surface area contributed by atoms with Crippen LogP contribution >= 0.6 is 0 Å². The van der Waals surface area contributed by atoms with Crippen LogP contribution in [0, 0.1) is 0 Å². The molecule has 1 aliphatic heterocycles. The van der Waals surface area contributed by atoms with E-state index in [0.717, 1.165) is 6.42 Å². The molecule has 0 amide bonds. The minimum atomic E-state index is -3.30. The molecule has 2 aromatic rings. The van der Waals surface area contributed by atoms with E-state index in [1.807, 2.05) is 36.4 Å². The van der Waals surface area contributed by atoms with Crippen molar-refractivity contribution in [1.82, 2.24) is 4.31 Å². The molecule has 0 N–H and O–H groups in total. The molecule has 1 saturated heterocycles. The lowest BCUT2D eigenvalue weighted by Gasteiger charge is -2.06. The van der Waals surface area contributed by atoms with Crippen molar-refractivity contribution in [2.45, 2.75) is 17.4 Å². The summed E-state index contributed by atoms with van der Waals surface area (Å²) in [6, 6.07) is 18.7. The summed E-state index contributed by atoms with van der Waals surface area (Å²) in [5.74, 6) is 0. The van der Waals surface area contributed by atoms with Crippen LogP contribution in [0.3, 0.4) is 0 Å². The minimum absolute atomic E-state index is 0.104. The van der Waals surface area contributed by atoms with Gasteiger partial charge in [0.15, 0.2) is 0 Å². The third-order valence-corrected chi connectivity index (χ3v) is 5.26. The van der Waals surface area contributed by atoms with E-state index in [9.17, 15) is 8.42 Å². The smallest absolute Gasteiger partial charge is 0.207 e. The monoisotopic (exact) mass is 273 g/mol. The maximum Gasteiger partial charge on any atom is 0.243 e. The molecule has 0 aliphatic carbocycles. The van der Waals surface area contributed by atoms with Gasteiger partial charge in [-0.05, 0) is 24.1 Å². The van der Waals surface area contributed by atoms with E-state index >= 15 is 0 Å². The number of nitrogens with zero attached hydrogens (tertiary/aromatic N) is 1. The Morgan fingerprint density at radius 3 is 2.16 bits per heavy atom. The predicted molar refractivity (Wildman–Crippen MR) is 74.3 cm³/mol. The molecule has 2 aromatic carbocycles. The summed E-state index contributed by atoms with van der Waals surface area (Å²) in [7, 11) is -3.30. The van der Waals surface area contributed by atoms with Crippen LogP contribution in [0.5, 0.6) is 0 Å². The van der Waals surface area contributed by atoms with Gasteiger partial charge < -0.3 is 0 Å². The van der Waals surface area contributed by atoms with Crippen molar-refractivity contribution >= 4 is 10.0 Å². The van der Waals surface area contributed by atoms with Crippen molar-refractivity contribution in [1.29, 1.82) is 0 Å². The van der Waals surface area contributed by atoms with Gasteiger partial charge in [0.2, 0.25) is 10.0 Å². The van der Waals surface area contributed by atoms with Gasteiger partial charge in [0, 0.05) is 12.6 Å². The van der Waals surface area contributed by atoms with Crippen LogP contribution in [0.4, 0.5) is 0 Å². The number of hydrogen-bond acceptors (Lipinski definition) is 2. The fraction of sp³-hybridized carbons (Fsp3) is 0.200. The Balaban J connectivity index is 1.73. The molecule has 2 atom stereocenters. The Hall–Kier alpha value is -1.65. The van der Waals surface area contributed by atoms with Gasteiger partial charge >= 0.3 is 0 Å². The normalized spacial score (nSPS) is 22.1. The van der Waals surface area contributed by atoms with Gasteiger partial charge in [0.05, 0.1) is 4.90 Å². The molecule has 1 fully saturated rings. The Morgan fingerprint density at radius 1 is 0.947 bits per heavy atom. The molecule has 3 rings (SSSR count). The van der Waals surface area contributed by atoms with Gasteiger partial charge in [-0.15, -0.1) is 0 Å². The van der Waals surface area contributed by atoms with E-state index in [2.05, 4.69) is 0 Å². The summed E-state index contributed by atoms with van der Waals surface area (Å²) in [5, 5.41) is 0. The van der Waals surface area contributed by atoms with E-state index in [1.165, 1.54) is 5.56 Å². The first kappa shape index (κ1) is 12.4. The predicted octanol–water partition coefficient (Wildman–Crippen LogP) is 2.30. The second-order valence-electron chi connectivity index (χ2n) is 4.73. The van der Waals surface area contributed by atoms with Crippen LogP contribution in [0.2, 0.25) is 0 Å². The molecule has 1 heterocycles. The van der Waals surface area contributed by atoms with E-state index in [1.54, 1.807) is 28.6 Å². The fourth-order valence-electron chi connectivity index (χ4n) is 2.24. The molecule has 0 aromatic heterocycles. The molecule has 0 bridgehead atoms. The molecule has 1 aliphatic rings. The summed E-state index contributed by atoms with van der Waals surface area (Å²) < 4.78 is 26.2. The lowest BCUT2D eigenvalue weighted by atomic mass is 10.1. The zero-order valence-corrected chi connectivity index (χ0v) is 11.3. The molecule has 4 heteroatoms. The summed E-state index contributed by atoms with van der Waals surface area (Å²) >= 11 is 0. The fourth-order valence-corrected chi connectivity index (χ4v) is 3.84. The van der Waals surface area contributed by atoms with Gasteiger partial charge in [-0.1, -0.05) is 48.5 Å². The van der Waals surface area contributed by atoms with Crippen molar-refractivity contribution in [3.63, 3.8) is 0 Å². The van der Waals surface area contributed by atoms with Crippen LogP contribution in [0.1, 0.15) is 5.56 Å². The molecule has 0 radical (unpaired) electrons. The van der Waals surface area contributed by atoms with Crippen molar-refractivity contribution in [2.24, 2.45) is 0 Å². The Labute approximate surface area is 113 Å². The summed E-state index contributed by atoms with van der Waals surface area (Å²) in [5.41, 5.74) is 1.18. The molecule has 2 unspecified atom stereocenters. The minimum Gasteiger partial charge on any atom is -0.207 e. The SMILES string of the molecule is O=S(=O)(c1ccccc1)N1CC1Cc1ccccc1. The van der Waals surface area contributed by atoms with E-state index in [0.29, 0.717) is 11.4 Å². The number of rotatable bonds is 4. The van der Waals surface area contributed by atoms with Gasteiger partial charge in [-0.3, -0.25) is 0 Å². The molecule has 98 valence electrons. The van der Waals surface area contributed by atoms with Crippen LogP contribution in [0.15, 0.2) is 65.6 Å². The Morgan fingerprint density at radius 2 is 1.53 bits per heavy atom. The molecular weight excluding hydrogens is 258 g/mol. The molecule has 19 heavy (non-hydrogen) atoms.